The second-order valence-corrected chi connectivity index (χ2v) is 7.28. The number of aliphatic hydroxyl groups is 1. The minimum absolute atomic E-state index is 0.186. The fourth-order valence-corrected chi connectivity index (χ4v) is 3.78. The van der Waals surface area contributed by atoms with Gasteiger partial charge < -0.3 is 20.6 Å². The van der Waals surface area contributed by atoms with Crippen LogP contribution in [0.3, 0.4) is 0 Å². The van der Waals surface area contributed by atoms with Crippen molar-refractivity contribution < 1.29 is 5.11 Å². The summed E-state index contributed by atoms with van der Waals surface area (Å²) in [5.74, 6) is 1.61. The number of benzene rings is 1. The van der Waals surface area contributed by atoms with Gasteiger partial charge in [-0.2, -0.15) is 0 Å². The summed E-state index contributed by atoms with van der Waals surface area (Å²) in [6, 6.07) is 14.6. The van der Waals surface area contributed by atoms with Crippen LogP contribution in [0, 0.1) is 0 Å². The van der Waals surface area contributed by atoms with Crippen LogP contribution in [0.2, 0.25) is 0 Å². The lowest BCUT2D eigenvalue weighted by atomic mass is 10.0. The number of anilines is 2. The van der Waals surface area contributed by atoms with Crippen molar-refractivity contribution in [2.45, 2.75) is 25.1 Å². The number of β-amino-alcohol motifs (C(OH)–C–C–N with tert-alkyl or cyclic N) is 1. The van der Waals surface area contributed by atoms with Gasteiger partial charge in [0.25, 0.3) is 0 Å². The topological polar surface area (TPSA) is 86.2 Å². The maximum Gasteiger partial charge on any atom is 0.134 e. The Morgan fingerprint density at radius 3 is 2.86 bits per heavy atom. The normalized spacial score (nSPS) is 18.8. The molecule has 0 aliphatic carbocycles. The van der Waals surface area contributed by atoms with E-state index in [1.54, 1.807) is 12.5 Å². The summed E-state index contributed by atoms with van der Waals surface area (Å²) in [4.78, 5) is 14.9. The molecular formula is C22H26N6O. The minimum atomic E-state index is -0.344. The fourth-order valence-electron chi connectivity index (χ4n) is 3.78. The molecule has 0 spiro atoms. The summed E-state index contributed by atoms with van der Waals surface area (Å²) in [6.45, 7) is 2.12. The molecule has 3 N–H and O–H groups in total. The van der Waals surface area contributed by atoms with Crippen molar-refractivity contribution in [3.63, 3.8) is 0 Å². The highest BCUT2D eigenvalue weighted by atomic mass is 16.3. The zero-order chi connectivity index (χ0) is 20.1. The van der Waals surface area contributed by atoms with Crippen LogP contribution in [0.15, 0.2) is 61.2 Å². The van der Waals surface area contributed by atoms with E-state index >= 15 is 0 Å². The molecule has 1 fully saturated rings. The van der Waals surface area contributed by atoms with Crippen LogP contribution in [0.5, 0.6) is 0 Å². The fraction of sp³-hybridized carbons (Fsp3) is 0.318. The predicted octanol–water partition coefficient (Wildman–Crippen LogP) is 2.31. The molecule has 7 heteroatoms. The molecule has 1 aliphatic heterocycles. The minimum Gasteiger partial charge on any atom is -0.391 e. The lowest BCUT2D eigenvalue weighted by Gasteiger charge is -2.26. The summed E-state index contributed by atoms with van der Waals surface area (Å²) in [5.41, 5.74) is 3.50. The van der Waals surface area contributed by atoms with Crippen LogP contribution >= 0.6 is 0 Å². The molecule has 0 saturated carbocycles. The number of nitrogens with one attached hydrogen (secondary N) is 2. The van der Waals surface area contributed by atoms with Gasteiger partial charge in [0.1, 0.15) is 18.0 Å². The molecular weight excluding hydrogens is 364 g/mol. The lowest BCUT2D eigenvalue weighted by Crippen LogP contribution is -2.38. The van der Waals surface area contributed by atoms with E-state index in [0.29, 0.717) is 6.54 Å². The van der Waals surface area contributed by atoms with Gasteiger partial charge >= 0.3 is 0 Å². The van der Waals surface area contributed by atoms with Gasteiger partial charge in [0.15, 0.2) is 0 Å². The van der Waals surface area contributed by atoms with E-state index in [1.165, 1.54) is 5.56 Å². The van der Waals surface area contributed by atoms with E-state index < -0.39 is 0 Å². The molecule has 7 nitrogen and oxygen atoms in total. The van der Waals surface area contributed by atoms with Gasteiger partial charge in [-0.15, -0.1) is 0 Å². The summed E-state index contributed by atoms with van der Waals surface area (Å²) in [7, 11) is 1.84. The number of rotatable bonds is 7. The molecule has 29 heavy (non-hydrogen) atoms. The smallest absolute Gasteiger partial charge is 0.134 e. The highest BCUT2D eigenvalue weighted by Gasteiger charge is 2.31. The molecule has 2 aromatic heterocycles. The largest absolute Gasteiger partial charge is 0.391 e. The number of hydrogen-bond donors (Lipinski definition) is 3. The molecule has 3 aromatic rings. The van der Waals surface area contributed by atoms with Crippen molar-refractivity contribution in [1.82, 2.24) is 20.3 Å². The van der Waals surface area contributed by atoms with Crippen molar-refractivity contribution in [3.05, 3.63) is 66.7 Å². The number of pyridine rings is 1. The Morgan fingerprint density at radius 2 is 2.03 bits per heavy atom. The number of aliphatic hydroxyl groups excluding tert-OH is 1. The second-order valence-electron chi connectivity index (χ2n) is 7.28. The summed E-state index contributed by atoms with van der Waals surface area (Å²) in [6.07, 6.45) is 5.60. The standard InChI is InChI=1S/C22H26N6O/c1-23-21-10-22(27-15-26-21)28-14-20(29)9-19(28)13-25-11-16-4-2-5-17(8-16)18-6-3-7-24-12-18/h2-8,10,12,15,19-20,25,29H,9,11,13-14H2,1H3,(H,23,26,27)/t19-,20-/m1/s1. The van der Waals surface area contributed by atoms with Crippen LogP contribution in [0.1, 0.15) is 12.0 Å². The molecule has 1 aromatic carbocycles. The number of aromatic nitrogens is 3. The highest BCUT2D eigenvalue weighted by molar-refractivity contribution is 5.62. The van der Waals surface area contributed by atoms with E-state index in [1.807, 2.05) is 25.4 Å². The van der Waals surface area contributed by atoms with Crippen LogP contribution in [-0.4, -0.2) is 52.3 Å². The number of hydrogen-bond acceptors (Lipinski definition) is 7. The molecule has 0 amide bonds. The van der Waals surface area contributed by atoms with E-state index in [4.69, 9.17) is 0 Å². The van der Waals surface area contributed by atoms with Crippen molar-refractivity contribution >= 4 is 11.6 Å². The Hall–Kier alpha value is -3.03. The van der Waals surface area contributed by atoms with E-state index in [2.05, 4.69) is 60.8 Å². The van der Waals surface area contributed by atoms with E-state index in [0.717, 1.165) is 42.3 Å². The predicted molar refractivity (Wildman–Crippen MR) is 115 cm³/mol. The monoisotopic (exact) mass is 390 g/mol. The molecule has 1 saturated heterocycles. The molecule has 1 aliphatic rings. The molecule has 0 bridgehead atoms. The first-order valence-corrected chi connectivity index (χ1v) is 9.87. The van der Waals surface area contributed by atoms with E-state index in [9.17, 15) is 5.11 Å². The van der Waals surface area contributed by atoms with Gasteiger partial charge in [0.05, 0.1) is 6.10 Å². The highest BCUT2D eigenvalue weighted by Crippen LogP contribution is 2.25. The van der Waals surface area contributed by atoms with Gasteiger partial charge in [-0.25, -0.2) is 9.97 Å². The Kier molecular flexibility index (Phi) is 5.97. The summed E-state index contributed by atoms with van der Waals surface area (Å²) in [5, 5.41) is 16.8. The third kappa shape index (κ3) is 4.70. The summed E-state index contributed by atoms with van der Waals surface area (Å²) >= 11 is 0. The Labute approximate surface area is 170 Å². The first kappa shape index (κ1) is 19.3. The van der Waals surface area contributed by atoms with Crippen molar-refractivity contribution in [3.8, 4) is 11.1 Å². The van der Waals surface area contributed by atoms with Crippen LogP contribution in [0.25, 0.3) is 11.1 Å². The Bertz CT molecular complexity index is 935. The zero-order valence-electron chi connectivity index (χ0n) is 16.5. The van der Waals surface area contributed by atoms with Gasteiger partial charge in [-0.05, 0) is 35.2 Å². The number of nitrogens with zero attached hydrogens (tertiary/aromatic N) is 4. The van der Waals surface area contributed by atoms with Gasteiger partial charge in [0, 0.05) is 51.2 Å². The van der Waals surface area contributed by atoms with E-state index in [-0.39, 0.29) is 12.1 Å². The zero-order valence-corrected chi connectivity index (χ0v) is 16.5. The molecule has 0 unspecified atom stereocenters. The quantitative estimate of drug-likeness (QED) is 0.571. The van der Waals surface area contributed by atoms with Crippen molar-refractivity contribution in [2.24, 2.45) is 0 Å². The SMILES string of the molecule is CNc1cc(N2C[C@H](O)C[C@@H]2CNCc2cccc(-c3cccnc3)c2)ncn1. The Morgan fingerprint density at radius 1 is 1.14 bits per heavy atom. The third-order valence-electron chi connectivity index (χ3n) is 5.23. The van der Waals surface area contributed by atoms with Crippen LogP contribution in [0.4, 0.5) is 11.6 Å². The summed E-state index contributed by atoms with van der Waals surface area (Å²) < 4.78 is 0. The third-order valence-corrected chi connectivity index (χ3v) is 5.23. The van der Waals surface area contributed by atoms with Crippen LogP contribution in [-0.2, 0) is 6.54 Å². The average molecular weight is 390 g/mol. The second kappa shape index (κ2) is 8.98. The first-order chi connectivity index (χ1) is 14.2. The molecule has 2 atom stereocenters. The Balaban J connectivity index is 1.39. The van der Waals surface area contributed by atoms with Gasteiger partial charge in [-0.1, -0.05) is 24.3 Å². The maximum atomic E-state index is 10.2. The maximum absolute atomic E-state index is 10.2. The molecule has 150 valence electrons. The first-order valence-electron chi connectivity index (χ1n) is 9.87. The van der Waals surface area contributed by atoms with Crippen molar-refractivity contribution in [1.29, 1.82) is 0 Å². The van der Waals surface area contributed by atoms with Gasteiger partial charge in [0.2, 0.25) is 0 Å². The van der Waals surface area contributed by atoms with Crippen molar-refractivity contribution in [2.75, 3.05) is 30.4 Å². The van der Waals surface area contributed by atoms with Gasteiger partial charge in [-0.3, -0.25) is 4.98 Å². The van der Waals surface area contributed by atoms with Crippen LogP contribution < -0.4 is 15.5 Å². The average Bonchev–Trinajstić information content (AvgIpc) is 3.15. The molecule has 4 rings (SSSR count). The lowest BCUT2D eigenvalue weighted by molar-refractivity contribution is 0.194. The molecule has 3 heterocycles. The molecule has 0 radical (unpaired) electrons.